The van der Waals surface area contributed by atoms with Gasteiger partial charge in [-0.3, -0.25) is 14.4 Å². The number of ether oxygens (including phenoxy) is 2. The molecule has 2 amide bonds. The fourth-order valence-corrected chi connectivity index (χ4v) is 4.53. The summed E-state index contributed by atoms with van der Waals surface area (Å²) in [7, 11) is 0. The van der Waals surface area contributed by atoms with E-state index in [4.69, 9.17) is 9.47 Å². The lowest BCUT2D eigenvalue weighted by Gasteiger charge is -2.34. The Labute approximate surface area is 212 Å². The van der Waals surface area contributed by atoms with Gasteiger partial charge in [0.1, 0.15) is 11.5 Å². The quantitative estimate of drug-likeness (QED) is 0.473. The van der Waals surface area contributed by atoms with Gasteiger partial charge in [0.2, 0.25) is 5.91 Å². The van der Waals surface area contributed by atoms with Crippen LogP contribution in [-0.4, -0.2) is 79.9 Å². The molecule has 2 aliphatic rings. The molecule has 1 saturated heterocycles. The van der Waals surface area contributed by atoms with Crippen LogP contribution in [0.3, 0.4) is 0 Å². The Morgan fingerprint density at radius 3 is 2.44 bits per heavy atom. The number of nitrogens with zero attached hydrogens (tertiary/aromatic N) is 3. The van der Waals surface area contributed by atoms with Crippen molar-refractivity contribution in [2.75, 3.05) is 57.4 Å². The molecule has 1 fully saturated rings. The number of carbonyl (C=O) groups excluding carboxylic acids is 3. The van der Waals surface area contributed by atoms with E-state index in [-0.39, 0.29) is 30.8 Å². The van der Waals surface area contributed by atoms with E-state index >= 15 is 0 Å². The van der Waals surface area contributed by atoms with Gasteiger partial charge in [-0.05, 0) is 55.3 Å². The predicted molar refractivity (Wildman–Crippen MR) is 138 cm³/mol. The van der Waals surface area contributed by atoms with E-state index in [1.807, 2.05) is 29.2 Å². The molecule has 0 radical (unpaired) electrons. The monoisotopic (exact) mass is 493 g/mol. The van der Waals surface area contributed by atoms with Crippen LogP contribution in [0.25, 0.3) is 0 Å². The average molecular weight is 494 g/mol. The molecule has 36 heavy (non-hydrogen) atoms. The number of anilines is 1. The fraction of sp³-hybridized carbons (Fsp3) is 0.464. The number of amides is 2. The number of carbonyl (C=O) groups is 3. The molecule has 0 atom stereocenters. The Hall–Kier alpha value is -3.39. The standard InChI is InChI=1S/C28H35N3O5/c1-3-21-7-10-23(11-8-21)35-19-25(32)22-9-12-26-24(18-22)31(28(34)20-36-26)13-5-6-27(33)30-16-14-29(4-2)15-17-30/h7-12,18H,3-6,13-17,19-20H2,1-2H3. The van der Waals surface area contributed by atoms with E-state index in [1.165, 1.54) is 5.56 Å². The van der Waals surface area contributed by atoms with Crippen molar-refractivity contribution < 1.29 is 23.9 Å². The fourth-order valence-electron chi connectivity index (χ4n) is 4.53. The van der Waals surface area contributed by atoms with E-state index in [0.29, 0.717) is 42.1 Å². The molecule has 4 rings (SSSR count). The van der Waals surface area contributed by atoms with Gasteiger partial charge in [-0.15, -0.1) is 0 Å². The molecule has 8 nitrogen and oxygen atoms in total. The van der Waals surface area contributed by atoms with Crippen LogP contribution >= 0.6 is 0 Å². The first kappa shape index (κ1) is 25.7. The largest absolute Gasteiger partial charge is 0.485 e. The SMILES string of the molecule is CCc1ccc(OCC(=O)c2ccc3c(c2)N(CCCC(=O)N2CCN(CC)CC2)C(=O)CO3)cc1. The Balaban J connectivity index is 1.34. The van der Waals surface area contributed by atoms with Crippen molar-refractivity contribution in [1.82, 2.24) is 9.80 Å². The highest BCUT2D eigenvalue weighted by atomic mass is 16.5. The summed E-state index contributed by atoms with van der Waals surface area (Å²) < 4.78 is 11.3. The maximum absolute atomic E-state index is 12.8. The van der Waals surface area contributed by atoms with Gasteiger partial charge in [-0.1, -0.05) is 26.0 Å². The molecular weight excluding hydrogens is 458 g/mol. The third-order valence-electron chi connectivity index (χ3n) is 6.87. The Kier molecular flexibility index (Phi) is 8.59. The average Bonchev–Trinajstić information content (AvgIpc) is 2.92. The normalized spacial score (nSPS) is 15.9. The van der Waals surface area contributed by atoms with Crippen molar-refractivity contribution in [2.45, 2.75) is 33.1 Å². The number of hydrogen-bond donors (Lipinski definition) is 0. The number of piperazine rings is 1. The lowest BCUT2D eigenvalue weighted by Crippen LogP contribution is -2.48. The van der Waals surface area contributed by atoms with E-state index in [9.17, 15) is 14.4 Å². The zero-order chi connectivity index (χ0) is 25.5. The number of benzene rings is 2. The van der Waals surface area contributed by atoms with Crippen molar-refractivity contribution in [1.29, 1.82) is 0 Å². The third kappa shape index (κ3) is 6.23. The van der Waals surface area contributed by atoms with Crippen molar-refractivity contribution in [3.63, 3.8) is 0 Å². The van der Waals surface area contributed by atoms with Crippen molar-refractivity contribution >= 4 is 23.3 Å². The van der Waals surface area contributed by atoms with E-state index in [2.05, 4.69) is 18.7 Å². The van der Waals surface area contributed by atoms with Crippen LogP contribution in [0.2, 0.25) is 0 Å². The van der Waals surface area contributed by atoms with Crippen LogP contribution in [0.1, 0.15) is 42.6 Å². The molecule has 8 heteroatoms. The van der Waals surface area contributed by atoms with Crippen LogP contribution in [0.4, 0.5) is 5.69 Å². The van der Waals surface area contributed by atoms with Gasteiger partial charge in [0.05, 0.1) is 5.69 Å². The molecule has 2 aromatic rings. The molecule has 0 aromatic heterocycles. The van der Waals surface area contributed by atoms with E-state index in [0.717, 1.165) is 39.1 Å². The van der Waals surface area contributed by atoms with Crippen molar-refractivity contribution in [3.05, 3.63) is 53.6 Å². The number of likely N-dealkylation sites (N-methyl/N-ethyl adjacent to an activating group) is 1. The molecule has 2 aromatic carbocycles. The van der Waals surface area contributed by atoms with Crippen LogP contribution in [0.15, 0.2) is 42.5 Å². The minimum Gasteiger partial charge on any atom is -0.485 e. The second-order valence-corrected chi connectivity index (χ2v) is 9.14. The van der Waals surface area contributed by atoms with Crippen LogP contribution in [-0.2, 0) is 16.0 Å². The summed E-state index contributed by atoms with van der Waals surface area (Å²) in [6.07, 6.45) is 1.87. The molecule has 192 valence electrons. The number of aryl methyl sites for hydroxylation is 1. The molecule has 2 heterocycles. The lowest BCUT2D eigenvalue weighted by molar-refractivity contribution is -0.133. The Morgan fingerprint density at radius 2 is 1.75 bits per heavy atom. The van der Waals surface area contributed by atoms with Gasteiger partial charge in [0, 0.05) is 44.7 Å². The Bertz CT molecular complexity index is 1080. The minimum absolute atomic E-state index is 0.0515. The second kappa shape index (κ2) is 12.0. The van der Waals surface area contributed by atoms with Crippen LogP contribution in [0.5, 0.6) is 11.5 Å². The summed E-state index contributed by atoms with van der Waals surface area (Å²) in [6, 6.07) is 12.8. The van der Waals surface area contributed by atoms with E-state index < -0.39 is 0 Å². The minimum atomic E-state index is -0.184. The lowest BCUT2D eigenvalue weighted by atomic mass is 10.1. The zero-order valence-electron chi connectivity index (χ0n) is 21.2. The highest BCUT2D eigenvalue weighted by Gasteiger charge is 2.27. The smallest absolute Gasteiger partial charge is 0.265 e. The Morgan fingerprint density at radius 1 is 1.00 bits per heavy atom. The number of fused-ring (bicyclic) bond motifs is 1. The number of Topliss-reactive ketones (excluding diaryl/α,β-unsaturated/α-hetero) is 1. The summed E-state index contributed by atoms with van der Waals surface area (Å²) in [4.78, 5) is 44.0. The summed E-state index contributed by atoms with van der Waals surface area (Å²) in [6.45, 7) is 8.78. The first-order chi connectivity index (χ1) is 17.5. The number of hydrogen-bond acceptors (Lipinski definition) is 6. The van der Waals surface area contributed by atoms with Crippen molar-refractivity contribution in [2.24, 2.45) is 0 Å². The summed E-state index contributed by atoms with van der Waals surface area (Å²) in [5, 5.41) is 0. The zero-order valence-corrected chi connectivity index (χ0v) is 21.2. The van der Waals surface area contributed by atoms with Gasteiger partial charge in [-0.25, -0.2) is 0 Å². The van der Waals surface area contributed by atoms with Gasteiger partial charge in [-0.2, -0.15) is 0 Å². The molecule has 0 bridgehead atoms. The molecular formula is C28H35N3O5. The van der Waals surface area contributed by atoms with Crippen molar-refractivity contribution in [3.8, 4) is 11.5 Å². The first-order valence-electron chi connectivity index (χ1n) is 12.8. The first-order valence-corrected chi connectivity index (χ1v) is 12.8. The van der Waals surface area contributed by atoms with Gasteiger partial charge >= 0.3 is 0 Å². The van der Waals surface area contributed by atoms with E-state index in [1.54, 1.807) is 23.1 Å². The maximum atomic E-state index is 12.8. The molecule has 0 unspecified atom stereocenters. The van der Waals surface area contributed by atoms with Crippen LogP contribution in [0, 0.1) is 0 Å². The summed E-state index contributed by atoms with van der Waals surface area (Å²) in [5.41, 5.74) is 2.22. The highest BCUT2D eigenvalue weighted by Crippen LogP contribution is 2.33. The molecule has 0 aliphatic carbocycles. The summed E-state index contributed by atoms with van der Waals surface area (Å²) >= 11 is 0. The topological polar surface area (TPSA) is 79.4 Å². The third-order valence-corrected chi connectivity index (χ3v) is 6.87. The van der Waals surface area contributed by atoms with Gasteiger partial charge < -0.3 is 24.2 Å². The molecule has 2 aliphatic heterocycles. The maximum Gasteiger partial charge on any atom is 0.265 e. The van der Waals surface area contributed by atoms with Crippen LogP contribution < -0.4 is 14.4 Å². The predicted octanol–water partition coefficient (Wildman–Crippen LogP) is 3.18. The molecule has 0 spiro atoms. The molecule has 0 N–H and O–H groups in total. The highest BCUT2D eigenvalue weighted by molar-refractivity contribution is 6.02. The van der Waals surface area contributed by atoms with Gasteiger partial charge in [0.25, 0.3) is 5.91 Å². The summed E-state index contributed by atoms with van der Waals surface area (Å²) in [5.74, 6) is 0.962. The number of ketones is 1. The number of rotatable bonds is 10. The molecule has 0 saturated carbocycles. The second-order valence-electron chi connectivity index (χ2n) is 9.14. The van der Waals surface area contributed by atoms with Gasteiger partial charge in [0.15, 0.2) is 19.0 Å².